The molecule has 22 heavy (non-hydrogen) atoms. The smallest absolute Gasteiger partial charge is 0.333 e. The zero-order valence-corrected chi connectivity index (χ0v) is 14.2. The van der Waals surface area contributed by atoms with Crippen molar-refractivity contribution in [2.45, 2.75) is 56.8 Å². The Bertz CT molecular complexity index is 514. The zero-order valence-electron chi connectivity index (χ0n) is 13.4. The average Bonchev–Trinajstić information content (AvgIpc) is 2.65. The Kier molecular flexibility index (Phi) is 4.20. The Balaban J connectivity index is 1.95. The fourth-order valence-corrected chi connectivity index (χ4v) is 4.02. The van der Waals surface area contributed by atoms with Crippen molar-refractivity contribution in [2.24, 2.45) is 11.1 Å². The van der Waals surface area contributed by atoms with Crippen LogP contribution in [0.5, 0.6) is 0 Å². The topological polar surface area (TPSA) is 98.9 Å². The Labute approximate surface area is 133 Å². The molecule has 0 aromatic heterocycles. The average molecular weight is 330 g/mol. The van der Waals surface area contributed by atoms with Crippen LogP contribution in [0.3, 0.4) is 0 Å². The van der Waals surface area contributed by atoms with Gasteiger partial charge in [0.15, 0.2) is 0 Å². The van der Waals surface area contributed by atoms with E-state index >= 15 is 0 Å². The third-order valence-corrected chi connectivity index (χ3v) is 5.30. The number of ether oxygens (including phenoxy) is 2. The lowest BCUT2D eigenvalue weighted by molar-refractivity contribution is -0.179. The molecular formula is C14H22N2O5S. The first-order chi connectivity index (χ1) is 9.97. The maximum absolute atomic E-state index is 12.3. The van der Waals surface area contributed by atoms with Crippen molar-refractivity contribution in [3.63, 3.8) is 0 Å². The Morgan fingerprint density at radius 2 is 1.91 bits per heavy atom. The summed E-state index contributed by atoms with van der Waals surface area (Å²) in [6.45, 7) is 8.40. The number of rotatable bonds is 3. The molecule has 7 nitrogen and oxygen atoms in total. The van der Waals surface area contributed by atoms with Gasteiger partial charge in [-0.25, -0.2) is 4.79 Å². The molecule has 2 N–H and O–H groups in total. The number of carbonyl (C=O) groups excluding carboxylic acids is 3. The summed E-state index contributed by atoms with van der Waals surface area (Å²) in [5, 5.41) is -0.197. The number of amides is 1. The molecule has 0 aromatic carbocycles. The first-order valence-corrected chi connectivity index (χ1v) is 7.94. The minimum absolute atomic E-state index is 0.197. The molecule has 0 radical (unpaired) electrons. The predicted molar refractivity (Wildman–Crippen MR) is 80.6 cm³/mol. The van der Waals surface area contributed by atoms with Gasteiger partial charge in [-0.1, -0.05) is 0 Å². The largest absolute Gasteiger partial charge is 0.427 e. The molecule has 1 amide bonds. The van der Waals surface area contributed by atoms with Crippen LogP contribution < -0.4 is 5.73 Å². The summed E-state index contributed by atoms with van der Waals surface area (Å²) in [7, 11) is 0. The Hall–Kier alpha value is -1.28. The van der Waals surface area contributed by atoms with Gasteiger partial charge >= 0.3 is 11.9 Å². The van der Waals surface area contributed by atoms with Gasteiger partial charge in [0.2, 0.25) is 12.7 Å². The van der Waals surface area contributed by atoms with Crippen molar-refractivity contribution in [2.75, 3.05) is 6.79 Å². The minimum atomic E-state index is -0.719. The monoisotopic (exact) mass is 330 g/mol. The Morgan fingerprint density at radius 3 is 2.45 bits per heavy atom. The van der Waals surface area contributed by atoms with Crippen LogP contribution in [-0.2, 0) is 23.9 Å². The molecule has 0 bridgehead atoms. The Morgan fingerprint density at radius 1 is 1.32 bits per heavy atom. The first kappa shape index (κ1) is 17.1. The molecule has 0 aromatic rings. The van der Waals surface area contributed by atoms with Crippen LogP contribution >= 0.6 is 11.8 Å². The second kappa shape index (κ2) is 5.42. The number of hydrogen-bond acceptors (Lipinski definition) is 7. The van der Waals surface area contributed by atoms with E-state index in [1.54, 1.807) is 20.8 Å². The standard InChI is InChI=1S/C14H22N2O5S/c1-13(2,3)12(19)21-6-20-11(18)8-14(4,5)22-10-7(15)9(17)16(8)10/h7-8,10H,6,15H2,1-5H3/t7?,8-,10+/m0/s1. The maximum atomic E-state index is 12.3. The maximum Gasteiger partial charge on any atom is 0.333 e. The second-order valence-electron chi connectivity index (χ2n) is 7.05. The molecule has 8 heteroatoms. The number of β-lactam (4-membered cyclic amide) rings is 1. The highest BCUT2D eigenvalue weighted by Crippen LogP contribution is 2.50. The highest BCUT2D eigenvalue weighted by atomic mass is 32.2. The third kappa shape index (κ3) is 2.81. The summed E-state index contributed by atoms with van der Waals surface area (Å²) in [4.78, 5) is 37.2. The van der Waals surface area contributed by atoms with Gasteiger partial charge in [-0.3, -0.25) is 9.59 Å². The first-order valence-electron chi connectivity index (χ1n) is 7.06. The van der Waals surface area contributed by atoms with E-state index in [1.165, 1.54) is 16.7 Å². The highest BCUT2D eigenvalue weighted by molar-refractivity contribution is 8.01. The lowest BCUT2D eigenvalue weighted by Crippen LogP contribution is -2.68. The molecule has 2 saturated heterocycles. The van der Waals surface area contributed by atoms with Crippen molar-refractivity contribution < 1.29 is 23.9 Å². The predicted octanol–water partition coefficient (Wildman–Crippen LogP) is 0.466. The third-order valence-electron chi connectivity index (χ3n) is 3.71. The van der Waals surface area contributed by atoms with Gasteiger partial charge in [0.05, 0.1) is 5.41 Å². The van der Waals surface area contributed by atoms with Gasteiger partial charge < -0.3 is 20.1 Å². The van der Waals surface area contributed by atoms with Crippen molar-refractivity contribution in [1.82, 2.24) is 4.90 Å². The van der Waals surface area contributed by atoms with E-state index in [4.69, 9.17) is 15.2 Å². The van der Waals surface area contributed by atoms with E-state index in [-0.39, 0.29) is 11.3 Å². The zero-order chi connectivity index (χ0) is 16.9. The van der Waals surface area contributed by atoms with Crippen molar-refractivity contribution >= 4 is 29.6 Å². The number of carbonyl (C=O) groups is 3. The van der Waals surface area contributed by atoms with Crippen molar-refractivity contribution in [3.8, 4) is 0 Å². The number of thioether (sulfide) groups is 1. The summed E-state index contributed by atoms with van der Waals surface area (Å²) in [5.74, 6) is -1.29. The molecule has 3 atom stereocenters. The molecule has 0 spiro atoms. The molecule has 124 valence electrons. The molecule has 2 heterocycles. The molecule has 1 unspecified atom stereocenters. The second-order valence-corrected chi connectivity index (χ2v) is 8.82. The number of hydrogen-bond donors (Lipinski definition) is 1. The van der Waals surface area contributed by atoms with Gasteiger partial charge in [-0.05, 0) is 34.6 Å². The summed E-state index contributed by atoms with van der Waals surface area (Å²) < 4.78 is 9.45. The quantitative estimate of drug-likeness (QED) is 0.456. The normalized spacial score (nSPS) is 29.6. The molecule has 0 saturated carbocycles. The number of nitrogens with zero attached hydrogens (tertiary/aromatic N) is 1. The summed E-state index contributed by atoms with van der Waals surface area (Å²) >= 11 is 1.48. The lowest BCUT2D eigenvalue weighted by Gasteiger charge is -2.41. The molecule has 0 aliphatic carbocycles. The SMILES string of the molecule is CC(C)(C)C(=O)OCOC(=O)[C@@H]1N2C(=O)C(N)[C@H]2SC1(C)C. The highest BCUT2D eigenvalue weighted by Gasteiger charge is 2.63. The van der Waals surface area contributed by atoms with Gasteiger partial charge in [-0.2, -0.15) is 0 Å². The van der Waals surface area contributed by atoms with Crippen LogP contribution in [0, 0.1) is 5.41 Å². The van der Waals surface area contributed by atoms with Gasteiger partial charge in [0.1, 0.15) is 17.5 Å². The van der Waals surface area contributed by atoms with E-state index in [0.717, 1.165) is 0 Å². The number of fused-ring (bicyclic) bond motifs is 1. The molecule has 2 aliphatic heterocycles. The van der Waals surface area contributed by atoms with Crippen molar-refractivity contribution in [1.29, 1.82) is 0 Å². The van der Waals surface area contributed by atoms with E-state index in [0.29, 0.717) is 0 Å². The van der Waals surface area contributed by atoms with Crippen LogP contribution in [0.25, 0.3) is 0 Å². The number of nitrogens with two attached hydrogens (primary N) is 1. The van der Waals surface area contributed by atoms with Gasteiger partial charge in [0.25, 0.3) is 0 Å². The van der Waals surface area contributed by atoms with Gasteiger partial charge in [0, 0.05) is 4.75 Å². The fourth-order valence-electron chi connectivity index (χ4n) is 2.46. The van der Waals surface area contributed by atoms with Crippen LogP contribution in [0.2, 0.25) is 0 Å². The van der Waals surface area contributed by atoms with Crippen LogP contribution in [-0.4, -0.2) is 51.7 Å². The van der Waals surface area contributed by atoms with E-state index in [2.05, 4.69) is 0 Å². The minimum Gasteiger partial charge on any atom is -0.427 e. The molecule has 2 aliphatic rings. The van der Waals surface area contributed by atoms with Gasteiger partial charge in [-0.15, -0.1) is 11.8 Å². The van der Waals surface area contributed by atoms with E-state index in [9.17, 15) is 14.4 Å². The van der Waals surface area contributed by atoms with E-state index < -0.39 is 41.0 Å². The summed E-state index contributed by atoms with van der Waals surface area (Å²) in [5.41, 5.74) is 5.08. The summed E-state index contributed by atoms with van der Waals surface area (Å²) in [6, 6.07) is -1.29. The summed E-state index contributed by atoms with van der Waals surface area (Å²) in [6.07, 6.45) is 0. The molecule has 2 fully saturated rings. The van der Waals surface area contributed by atoms with Crippen LogP contribution in [0.15, 0.2) is 0 Å². The fraction of sp³-hybridized carbons (Fsp3) is 0.786. The van der Waals surface area contributed by atoms with E-state index in [1.807, 2.05) is 13.8 Å². The number of esters is 2. The lowest BCUT2D eigenvalue weighted by atomic mass is 9.96. The molecular weight excluding hydrogens is 308 g/mol. The van der Waals surface area contributed by atoms with Crippen molar-refractivity contribution in [3.05, 3.63) is 0 Å². The van der Waals surface area contributed by atoms with Crippen LogP contribution in [0.4, 0.5) is 0 Å². The van der Waals surface area contributed by atoms with Crippen LogP contribution in [0.1, 0.15) is 34.6 Å². The molecule has 2 rings (SSSR count).